The summed E-state index contributed by atoms with van der Waals surface area (Å²) in [5.74, 6) is -0.308. The van der Waals surface area contributed by atoms with Gasteiger partial charge in [0.2, 0.25) is 10.0 Å². The van der Waals surface area contributed by atoms with Crippen molar-refractivity contribution in [2.45, 2.75) is 11.3 Å². The summed E-state index contributed by atoms with van der Waals surface area (Å²) in [7, 11) is -2.31. The molecule has 1 saturated heterocycles. The number of carbonyl (C=O) groups excluding carboxylic acids is 1. The van der Waals surface area contributed by atoms with E-state index in [4.69, 9.17) is 5.73 Å². The van der Waals surface area contributed by atoms with Crippen LogP contribution in [0.25, 0.3) is 0 Å². The van der Waals surface area contributed by atoms with Gasteiger partial charge in [-0.3, -0.25) is 0 Å². The molecule has 0 aliphatic carbocycles. The van der Waals surface area contributed by atoms with Crippen molar-refractivity contribution in [1.82, 2.24) is 4.31 Å². The van der Waals surface area contributed by atoms with E-state index in [-0.39, 0.29) is 10.8 Å². The van der Waals surface area contributed by atoms with Gasteiger partial charge >= 0.3 is 5.97 Å². The second-order valence-corrected chi connectivity index (χ2v) is 7.65. The highest BCUT2D eigenvalue weighted by molar-refractivity contribution is 9.10. The van der Waals surface area contributed by atoms with E-state index in [0.29, 0.717) is 29.7 Å². The van der Waals surface area contributed by atoms with Crippen LogP contribution < -0.4 is 5.73 Å². The molecule has 2 rings (SSSR count). The number of hydrogen-bond donors (Lipinski definition) is 1. The Kier molecular flexibility index (Phi) is 5.03. The van der Waals surface area contributed by atoms with E-state index in [1.54, 1.807) is 0 Å². The third-order valence-corrected chi connectivity index (χ3v) is 6.39. The first kappa shape index (κ1) is 16.4. The Balaban J connectivity index is 2.31. The third kappa shape index (κ3) is 3.28. The van der Waals surface area contributed by atoms with Gasteiger partial charge in [0.15, 0.2) is 0 Å². The van der Waals surface area contributed by atoms with Crippen LogP contribution in [0.3, 0.4) is 0 Å². The largest absolute Gasteiger partial charge is 0.465 e. The first-order chi connectivity index (χ1) is 9.90. The summed E-state index contributed by atoms with van der Waals surface area (Å²) >= 11 is 3.22. The smallest absolute Gasteiger partial charge is 0.337 e. The lowest BCUT2D eigenvalue weighted by Crippen LogP contribution is -2.30. The fraction of sp³-hybridized carbons (Fsp3) is 0.462. The number of rotatable bonds is 4. The highest BCUT2D eigenvalue weighted by Crippen LogP contribution is 2.29. The topological polar surface area (TPSA) is 89.7 Å². The van der Waals surface area contributed by atoms with Crippen molar-refractivity contribution in [2.75, 3.05) is 26.7 Å². The molecule has 1 aliphatic rings. The van der Waals surface area contributed by atoms with E-state index in [1.165, 1.54) is 29.6 Å². The standard InChI is InChI=1S/C13H17BrN2O4S/c1-20-13(17)10-2-3-12(11(14)6-10)21(18,19)16-5-4-9(7-15)8-16/h2-3,6,9H,4-5,7-8,15H2,1H3. The number of ether oxygens (including phenoxy) is 1. The summed E-state index contributed by atoms with van der Waals surface area (Å²) in [4.78, 5) is 11.6. The molecule has 0 spiro atoms. The molecule has 1 unspecified atom stereocenters. The Morgan fingerprint density at radius 3 is 2.76 bits per heavy atom. The van der Waals surface area contributed by atoms with Crippen LogP contribution in [0.1, 0.15) is 16.8 Å². The number of halogens is 1. The number of benzene rings is 1. The van der Waals surface area contributed by atoms with E-state index in [0.717, 1.165) is 6.42 Å². The lowest BCUT2D eigenvalue weighted by Gasteiger charge is -2.17. The second-order valence-electron chi connectivity index (χ2n) is 4.89. The van der Waals surface area contributed by atoms with Crippen LogP contribution in [0.5, 0.6) is 0 Å². The van der Waals surface area contributed by atoms with E-state index < -0.39 is 16.0 Å². The molecule has 2 N–H and O–H groups in total. The summed E-state index contributed by atoms with van der Waals surface area (Å²) in [6, 6.07) is 4.32. The molecule has 0 amide bonds. The van der Waals surface area contributed by atoms with E-state index >= 15 is 0 Å². The van der Waals surface area contributed by atoms with Gasteiger partial charge in [0.05, 0.1) is 17.6 Å². The number of methoxy groups -OCH3 is 1. The molecule has 0 bridgehead atoms. The van der Waals surface area contributed by atoms with Gasteiger partial charge in [-0.15, -0.1) is 0 Å². The molecule has 1 aromatic rings. The predicted molar refractivity (Wildman–Crippen MR) is 81.4 cm³/mol. The average Bonchev–Trinajstić information content (AvgIpc) is 2.95. The number of sulfonamides is 1. The zero-order chi connectivity index (χ0) is 15.6. The van der Waals surface area contributed by atoms with Crippen LogP contribution in [-0.4, -0.2) is 45.4 Å². The molecule has 8 heteroatoms. The molecule has 1 atom stereocenters. The van der Waals surface area contributed by atoms with Crippen molar-refractivity contribution in [3.8, 4) is 0 Å². The van der Waals surface area contributed by atoms with E-state index in [1.807, 2.05) is 0 Å². The normalized spacial score (nSPS) is 19.7. The minimum Gasteiger partial charge on any atom is -0.465 e. The number of nitrogens with zero attached hydrogens (tertiary/aromatic N) is 1. The molecule has 0 radical (unpaired) electrons. The molecular formula is C13H17BrN2O4S. The SMILES string of the molecule is COC(=O)c1ccc(S(=O)(=O)N2CCC(CN)C2)c(Br)c1. The van der Waals surface area contributed by atoms with Crippen LogP contribution in [0.15, 0.2) is 27.6 Å². The highest BCUT2D eigenvalue weighted by Gasteiger charge is 2.33. The molecule has 21 heavy (non-hydrogen) atoms. The summed E-state index contributed by atoms with van der Waals surface area (Å²) in [5.41, 5.74) is 5.89. The number of hydrogen-bond acceptors (Lipinski definition) is 5. The number of carbonyl (C=O) groups is 1. The minimum atomic E-state index is -3.58. The molecule has 1 fully saturated rings. The van der Waals surface area contributed by atoms with Crippen molar-refractivity contribution >= 4 is 31.9 Å². The van der Waals surface area contributed by atoms with Crippen LogP contribution in [0.2, 0.25) is 0 Å². The maximum atomic E-state index is 12.6. The lowest BCUT2D eigenvalue weighted by atomic mass is 10.1. The Hall–Kier alpha value is -0.960. The van der Waals surface area contributed by atoms with E-state index in [9.17, 15) is 13.2 Å². The van der Waals surface area contributed by atoms with Gasteiger partial charge in [-0.1, -0.05) is 0 Å². The zero-order valence-electron chi connectivity index (χ0n) is 11.6. The number of esters is 1. The Morgan fingerprint density at radius 1 is 1.52 bits per heavy atom. The summed E-state index contributed by atoms with van der Waals surface area (Å²) in [5, 5.41) is 0. The molecular weight excluding hydrogens is 360 g/mol. The Morgan fingerprint density at radius 2 is 2.24 bits per heavy atom. The summed E-state index contributed by atoms with van der Waals surface area (Å²) < 4.78 is 31.6. The summed E-state index contributed by atoms with van der Waals surface area (Å²) in [6.07, 6.45) is 0.771. The quantitative estimate of drug-likeness (QED) is 0.797. The molecule has 0 aromatic heterocycles. The number of nitrogens with two attached hydrogens (primary N) is 1. The fourth-order valence-electron chi connectivity index (χ4n) is 2.30. The van der Waals surface area contributed by atoms with Gasteiger partial charge < -0.3 is 10.5 Å². The van der Waals surface area contributed by atoms with E-state index in [2.05, 4.69) is 20.7 Å². The van der Waals surface area contributed by atoms with Crippen LogP contribution in [-0.2, 0) is 14.8 Å². The van der Waals surface area contributed by atoms with Crippen LogP contribution in [0, 0.1) is 5.92 Å². The Labute approximate surface area is 132 Å². The van der Waals surface area contributed by atoms with Crippen molar-refractivity contribution in [2.24, 2.45) is 11.7 Å². The van der Waals surface area contributed by atoms with Crippen molar-refractivity contribution in [3.63, 3.8) is 0 Å². The predicted octanol–water partition coefficient (Wildman–Crippen LogP) is 1.21. The van der Waals surface area contributed by atoms with Crippen molar-refractivity contribution in [1.29, 1.82) is 0 Å². The molecule has 1 aliphatic heterocycles. The molecule has 1 heterocycles. The second kappa shape index (κ2) is 6.43. The third-order valence-electron chi connectivity index (χ3n) is 3.55. The van der Waals surface area contributed by atoms with Gasteiger partial charge in [-0.05, 0) is 53.0 Å². The first-order valence-electron chi connectivity index (χ1n) is 6.48. The first-order valence-corrected chi connectivity index (χ1v) is 8.71. The molecule has 116 valence electrons. The monoisotopic (exact) mass is 376 g/mol. The minimum absolute atomic E-state index is 0.146. The van der Waals surface area contributed by atoms with Gasteiger partial charge in [0.25, 0.3) is 0 Å². The molecule has 0 saturated carbocycles. The Bertz CT molecular complexity index is 648. The molecule has 1 aromatic carbocycles. The van der Waals surface area contributed by atoms with Gasteiger partial charge in [-0.2, -0.15) is 4.31 Å². The molecule has 6 nitrogen and oxygen atoms in total. The van der Waals surface area contributed by atoms with Crippen LogP contribution >= 0.6 is 15.9 Å². The highest BCUT2D eigenvalue weighted by atomic mass is 79.9. The van der Waals surface area contributed by atoms with Gasteiger partial charge in [0.1, 0.15) is 0 Å². The summed E-state index contributed by atoms with van der Waals surface area (Å²) in [6.45, 7) is 1.38. The van der Waals surface area contributed by atoms with Gasteiger partial charge in [-0.25, -0.2) is 13.2 Å². The average molecular weight is 377 g/mol. The fourth-order valence-corrected chi connectivity index (χ4v) is 4.87. The lowest BCUT2D eigenvalue weighted by molar-refractivity contribution is 0.0600. The maximum Gasteiger partial charge on any atom is 0.337 e. The maximum absolute atomic E-state index is 12.6. The van der Waals surface area contributed by atoms with Gasteiger partial charge in [0, 0.05) is 17.6 Å². The van der Waals surface area contributed by atoms with Crippen LogP contribution in [0.4, 0.5) is 0 Å². The van der Waals surface area contributed by atoms with Crippen molar-refractivity contribution < 1.29 is 17.9 Å². The van der Waals surface area contributed by atoms with Crippen molar-refractivity contribution in [3.05, 3.63) is 28.2 Å². The zero-order valence-corrected chi connectivity index (χ0v) is 14.0.